The van der Waals surface area contributed by atoms with Crippen LogP contribution in [0.5, 0.6) is 0 Å². The first-order valence-corrected chi connectivity index (χ1v) is 5.76. The van der Waals surface area contributed by atoms with Crippen molar-refractivity contribution in [1.82, 2.24) is 0 Å². The molecule has 0 aromatic carbocycles. The third kappa shape index (κ3) is 36.3. The summed E-state index contributed by atoms with van der Waals surface area (Å²) in [5.74, 6) is 0.981. The first-order chi connectivity index (χ1) is 7.03. The Kier molecular flexibility index (Phi) is 40.3. The Labute approximate surface area is 122 Å². The number of hydrogen-bond donors (Lipinski definition) is 2. The van der Waals surface area contributed by atoms with E-state index >= 15 is 0 Å². The predicted molar refractivity (Wildman–Crippen MR) is 65.9 cm³/mol. The zero-order chi connectivity index (χ0) is 12.7. The Hall–Kier alpha value is 1.04. The Balaban J connectivity index is -0.0000000692. The molecular weight excluding hydrogens is 290 g/mol. The molecule has 0 fully saturated rings. The van der Waals surface area contributed by atoms with Crippen molar-refractivity contribution in [2.45, 2.75) is 40.5 Å². The Morgan fingerprint density at radius 2 is 1.12 bits per heavy atom. The topological polar surface area (TPSA) is 49.7 Å². The van der Waals surface area contributed by atoms with E-state index in [9.17, 15) is 0 Å². The van der Waals surface area contributed by atoms with E-state index in [1.807, 2.05) is 13.8 Å². The molecule has 0 saturated carbocycles. The van der Waals surface area contributed by atoms with E-state index in [1.54, 1.807) is 0 Å². The molecule has 0 spiro atoms. The smallest absolute Gasteiger partial charge is 0.0832 e. The first-order valence-electron chi connectivity index (χ1n) is 5.14. The molecule has 0 aliphatic rings. The van der Waals surface area contributed by atoms with Gasteiger partial charge in [0.2, 0.25) is 0 Å². The number of rotatable bonds is 4. The monoisotopic (exact) mass is 313 g/mol. The second-order valence-electron chi connectivity index (χ2n) is 3.45. The van der Waals surface area contributed by atoms with E-state index in [0.29, 0.717) is 25.0 Å². The zero-order valence-corrected chi connectivity index (χ0v) is 13.4. The summed E-state index contributed by atoms with van der Waals surface area (Å²) in [6.45, 7) is 8.86. The van der Waals surface area contributed by atoms with Crippen LogP contribution in [0, 0.1) is 11.8 Å². The van der Waals surface area contributed by atoms with Crippen LogP contribution in [0.1, 0.15) is 40.5 Å². The molecule has 0 aromatic heterocycles. The average molecular weight is 314 g/mol. The van der Waals surface area contributed by atoms with Gasteiger partial charge in [0.05, 0.1) is 23.7 Å². The van der Waals surface area contributed by atoms with Crippen LogP contribution in [0.4, 0.5) is 0 Å². The fraction of sp³-hybridized carbons (Fsp3) is 1.00. The third-order valence-electron chi connectivity index (χ3n) is 2.02. The largest absolute Gasteiger partial charge is 0.396 e. The van der Waals surface area contributed by atoms with Crippen LogP contribution in [0.15, 0.2) is 0 Å². The fourth-order valence-corrected chi connectivity index (χ4v) is 0.258. The molecule has 2 N–H and O–H groups in total. The summed E-state index contributed by atoms with van der Waals surface area (Å²) in [5.41, 5.74) is 0. The maximum absolute atomic E-state index is 8.33. The molecule has 6 heteroatoms. The van der Waals surface area contributed by atoms with Crippen molar-refractivity contribution in [3.05, 3.63) is 0 Å². The van der Waals surface area contributed by atoms with Crippen LogP contribution < -0.4 is 0 Å². The Bertz CT molecular complexity index is 82.1. The van der Waals surface area contributed by atoms with Crippen LogP contribution in [-0.2, 0) is 22.4 Å². The second kappa shape index (κ2) is 25.0. The van der Waals surface area contributed by atoms with Crippen molar-refractivity contribution in [2.24, 2.45) is 11.8 Å². The fourth-order valence-electron chi connectivity index (χ4n) is 0.258. The molecule has 0 aliphatic carbocycles. The molecule has 2 unspecified atom stereocenters. The summed E-state index contributed by atoms with van der Waals surface area (Å²) in [7, 11) is 0. The van der Waals surface area contributed by atoms with Crippen molar-refractivity contribution in [3.63, 3.8) is 0 Å². The minimum Gasteiger partial charge on any atom is -0.396 e. The maximum atomic E-state index is 8.33. The van der Waals surface area contributed by atoms with Crippen LogP contribution in [-0.4, -0.2) is 23.4 Å². The predicted octanol–water partition coefficient (Wildman–Crippen LogP) is 3.36. The molecule has 3 nitrogen and oxygen atoms in total. The summed E-state index contributed by atoms with van der Waals surface area (Å²) >= 11 is 8.53. The molecule has 0 bridgehead atoms. The quantitative estimate of drug-likeness (QED) is 0.836. The molecule has 0 aromatic rings. The van der Waals surface area contributed by atoms with Gasteiger partial charge in [0.15, 0.2) is 0 Å². The maximum Gasteiger partial charge on any atom is 0.0832 e. The SMILES string of the molecule is CCC(C)CO.CCC(C)CO.ClOCl.[V]. The van der Waals surface area contributed by atoms with Gasteiger partial charge in [-0.2, -0.15) is 3.84 Å². The summed E-state index contributed by atoms with van der Waals surface area (Å²) in [4.78, 5) is 0. The summed E-state index contributed by atoms with van der Waals surface area (Å²) < 4.78 is 3.19. The molecule has 0 heterocycles. The van der Waals surface area contributed by atoms with Crippen molar-refractivity contribution >= 4 is 23.7 Å². The molecule has 0 rings (SSSR count). The molecule has 101 valence electrons. The van der Waals surface area contributed by atoms with Crippen LogP contribution in [0.25, 0.3) is 0 Å². The Morgan fingerprint density at radius 1 is 0.938 bits per heavy atom. The van der Waals surface area contributed by atoms with Crippen LogP contribution in [0.2, 0.25) is 0 Å². The van der Waals surface area contributed by atoms with Gasteiger partial charge in [-0.05, 0) is 11.8 Å². The average Bonchev–Trinajstić information content (AvgIpc) is 2.28. The molecule has 16 heavy (non-hydrogen) atoms. The summed E-state index contributed by atoms with van der Waals surface area (Å²) in [6, 6.07) is 0. The number of aliphatic hydroxyl groups excluding tert-OH is 2. The zero-order valence-electron chi connectivity index (χ0n) is 10.5. The van der Waals surface area contributed by atoms with Crippen LogP contribution in [0.3, 0.4) is 0 Å². The Morgan fingerprint density at radius 3 is 1.12 bits per heavy atom. The molecule has 2 atom stereocenters. The van der Waals surface area contributed by atoms with Crippen molar-refractivity contribution < 1.29 is 32.6 Å². The number of hydrogen-bond acceptors (Lipinski definition) is 3. The van der Waals surface area contributed by atoms with Gasteiger partial charge in [0, 0.05) is 31.8 Å². The number of aliphatic hydroxyl groups is 2. The standard InChI is InChI=1S/2C5H12O.Cl2O.V/c2*1-3-5(2)4-6;1-3-2;/h2*5-6H,3-4H2,1-2H3;;. The minimum absolute atomic E-state index is 0. The molecule has 0 saturated heterocycles. The van der Waals surface area contributed by atoms with Gasteiger partial charge in [-0.25, -0.2) is 0 Å². The van der Waals surface area contributed by atoms with E-state index < -0.39 is 0 Å². The van der Waals surface area contributed by atoms with E-state index in [4.69, 9.17) is 10.2 Å². The van der Waals surface area contributed by atoms with Gasteiger partial charge in [-0.3, -0.25) is 0 Å². The second-order valence-corrected chi connectivity index (χ2v) is 3.92. The van der Waals surface area contributed by atoms with Crippen molar-refractivity contribution in [1.29, 1.82) is 0 Å². The van der Waals surface area contributed by atoms with Gasteiger partial charge in [-0.1, -0.05) is 40.5 Å². The number of halogens is 2. The third-order valence-corrected chi connectivity index (χ3v) is 2.02. The molecule has 0 aliphatic heterocycles. The van der Waals surface area contributed by atoms with Gasteiger partial charge in [0.1, 0.15) is 0 Å². The van der Waals surface area contributed by atoms with E-state index in [2.05, 4.69) is 41.4 Å². The van der Waals surface area contributed by atoms with Crippen LogP contribution >= 0.6 is 23.7 Å². The van der Waals surface area contributed by atoms with Gasteiger partial charge < -0.3 is 10.2 Å². The van der Waals surface area contributed by atoms with Crippen molar-refractivity contribution in [2.75, 3.05) is 13.2 Å². The molecule has 0 amide bonds. The van der Waals surface area contributed by atoms with E-state index in [1.165, 1.54) is 0 Å². The minimum atomic E-state index is 0. The molecule has 1 radical (unpaired) electrons. The summed E-state index contributed by atoms with van der Waals surface area (Å²) in [6.07, 6.45) is 2.16. The normalized spacial score (nSPS) is 12.0. The van der Waals surface area contributed by atoms with E-state index in [-0.39, 0.29) is 18.6 Å². The van der Waals surface area contributed by atoms with Gasteiger partial charge in [0.25, 0.3) is 0 Å². The van der Waals surface area contributed by atoms with E-state index in [0.717, 1.165) is 12.8 Å². The molecular formula is C10H24Cl2O3V. The summed E-state index contributed by atoms with van der Waals surface area (Å²) in [5, 5.41) is 16.7. The van der Waals surface area contributed by atoms with Gasteiger partial charge >= 0.3 is 0 Å². The van der Waals surface area contributed by atoms with Crippen molar-refractivity contribution in [3.8, 4) is 0 Å². The van der Waals surface area contributed by atoms with Gasteiger partial charge in [-0.15, -0.1) is 0 Å². The first kappa shape index (κ1) is 25.8.